The van der Waals surface area contributed by atoms with Gasteiger partial charge in [-0.3, -0.25) is 0 Å². The Morgan fingerprint density at radius 1 is 0.850 bits per heavy atom. The average Bonchev–Trinajstić information content (AvgIpc) is 2.52. The zero-order valence-corrected chi connectivity index (χ0v) is 11.7. The smallest absolute Gasteiger partial charge is 0.194 e. The normalized spacial score (nSPS) is 10.2. The van der Waals surface area contributed by atoms with Crippen LogP contribution in [-0.2, 0) is 13.1 Å². The lowest BCUT2D eigenvalue weighted by Crippen LogP contribution is -2.36. The van der Waals surface area contributed by atoms with Gasteiger partial charge in [0.2, 0.25) is 0 Å². The van der Waals surface area contributed by atoms with Crippen molar-refractivity contribution in [1.82, 2.24) is 9.97 Å². The molecule has 0 N–H and O–H groups in total. The van der Waals surface area contributed by atoms with Crippen LogP contribution in [0.5, 0.6) is 0 Å². The molecule has 0 aliphatic rings. The Bertz CT molecular complexity index is 539. The van der Waals surface area contributed by atoms with E-state index >= 15 is 0 Å². The zero-order chi connectivity index (χ0) is 14.2. The van der Waals surface area contributed by atoms with Crippen molar-refractivity contribution in [3.63, 3.8) is 0 Å². The second-order valence-corrected chi connectivity index (χ2v) is 4.55. The van der Waals surface area contributed by atoms with Crippen LogP contribution in [0.1, 0.15) is 24.2 Å². The van der Waals surface area contributed by atoms with E-state index in [1.807, 2.05) is 37.2 Å². The third-order valence-electron chi connectivity index (χ3n) is 3.06. The van der Waals surface area contributed by atoms with E-state index in [2.05, 4.69) is 32.3 Å². The number of rotatable bonds is 7. The van der Waals surface area contributed by atoms with Gasteiger partial charge in [0.05, 0.1) is 12.4 Å². The fourth-order valence-electron chi connectivity index (χ4n) is 1.98. The summed E-state index contributed by atoms with van der Waals surface area (Å²) < 4.78 is 4.30. The number of hydrogen-bond donors (Lipinski definition) is 0. The summed E-state index contributed by atoms with van der Waals surface area (Å²) in [5, 5.41) is 0. The summed E-state index contributed by atoms with van der Waals surface area (Å²) in [5.41, 5.74) is 1.82. The molecule has 2 aromatic heterocycles. The number of unbranched alkanes of at least 4 members (excludes halogenated alkanes) is 1. The maximum Gasteiger partial charge on any atom is 0.194 e. The van der Waals surface area contributed by atoms with E-state index in [0.717, 1.165) is 37.3 Å². The van der Waals surface area contributed by atoms with Crippen molar-refractivity contribution in [2.24, 2.45) is 0 Å². The van der Waals surface area contributed by atoms with Gasteiger partial charge in [0.25, 0.3) is 0 Å². The Morgan fingerprint density at radius 3 is 1.70 bits per heavy atom. The second-order valence-electron chi connectivity index (χ2n) is 4.55. The molecular weight excluding hydrogens is 248 g/mol. The van der Waals surface area contributed by atoms with Gasteiger partial charge in [0, 0.05) is 12.8 Å². The van der Waals surface area contributed by atoms with Crippen molar-refractivity contribution in [1.29, 1.82) is 0 Å². The molecule has 0 aromatic carbocycles. The fourth-order valence-corrected chi connectivity index (χ4v) is 1.98. The number of hydrogen-bond acceptors (Lipinski definition) is 2. The summed E-state index contributed by atoms with van der Waals surface area (Å²) in [6, 6.07) is 0. The Kier molecular flexibility index (Phi) is 5.12. The Balaban J connectivity index is 1.80. The average molecular weight is 268 g/mol. The molecule has 0 bridgehead atoms. The van der Waals surface area contributed by atoms with E-state index in [4.69, 9.17) is 0 Å². The molecule has 0 amide bonds. The Hall–Kier alpha value is -2.36. The van der Waals surface area contributed by atoms with E-state index < -0.39 is 0 Å². The summed E-state index contributed by atoms with van der Waals surface area (Å²) in [7, 11) is 0. The number of aryl methyl sites for hydroxylation is 2. The molecule has 2 aromatic rings. The molecule has 0 aliphatic heterocycles. The van der Waals surface area contributed by atoms with Gasteiger partial charge >= 0.3 is 0 Å². The van der Waals surface area contributed by atoms with Crippen LogP contribution in [0.25, 0.3) is 12.2 Å². The van der Waals surface area contributed by atoms with Gasteiger partial charge in [0.1, 0.15) is 24.5 Å². The first kappa shape index (κ1) is 14.1. The first-order valence-corrected chi connectivity index (χ1v) is 6.77. The van der Waals surface area contributed by atoms with Crippen molar-refractivity contribution in [2.45, 2.75) is 25.9 Å². The molecule has 2 heterocycles. The molecule has 0 unspecified atom stereocenters. The molecule has 4 nitrogen and oxygen atoms in total. The number of aromatic nitrogens is 4. The Morgan fingerprint density at radius 2 is 1.30 bits per heavy atom. The lowest BCUT2D eigenvalue weighted by atomic mass is 10.3. The summed E-state index contributed by atoms with van der Waals surface area (Å²) >= 11 is 0. The highest BCUT2D eigenvalue weighted by Gasteiger charge is 2.05. The van der Waals surface area contributed by atoms with Crippen LogP contribution >= 0.6 is 0 Å². The fraction of sp³-hybridized carbons (Fsp3) is 0.250. The van der Waals surface area contributed by atoms with Crippen LogP contribution in [0, 0.1) is 0 Å². The maximum atomic E-state index is 4.19. The van der Waals surface area contributed by atoms with E-state index in [-0.39, 0.29) is 0 Å². The van der Waals surface area contributed by atoms with Crippen molar-refractivity contribution < 1.29 is 9.13 Å². The SMILES string of the molecule is C=Cc1c[n+](CCCC[n+]2ccnc(C=C)c2)ccn1. The molecule has 0 aliphatic carbocycles. The molecule has 0 atom stereocenters. The van der Waals surface area contributed by atoms with Crippen molar-refractivity contribution in [3.05, 3.63) is 61.7 Å². The lowest BCUT2D eigenvalue weighted by Gasteiger charge is -1.98. The first-order chi connectivity index (χ1) is 9.81. The quantitative estimate of drug-likeness (QED) is 0.567. The van der Waals surface area contributed by atoms with E-state index in [1.165, 1.54) is 0 Å². The Labute approximate surface area is 119 Å². The van der Waals surface area contributed by atoms with Gasteiger partial charge in [-0.2, -0.15) is 0 Å². The topological polar surface area (TPSA) is 33.5 Å². The summed E-state index contributed by atoms with van der Waals surface area (Å²) in [6.07, 6.45) is 17.4. The minimum atomic E-state index is 0.909. The molecule has 0 radical (unpaired) electrons. The van der Waals surface area contributed by atoms with E-state index in [9.17, 15) is 0 Å². The van der Waals surface area contributed by atoms with E-state index in [0.29, 0.717) is 0 Å². The molecule has 102 valence electrons. The third kappa shape index (κ3) is 4.09. The molecule has 0 saturated heterocycles. The molecule has 2 rings (SSSR count). The summed E-state index contributed by atoms with van der Waals surface area (Å²) in [4.78, 5) is 8.39. The highest BCUT2D eigenvalue weighted by atomic mass is 15.0. The predicted octanol–water partition coefficient (Wildman–Crippen LogP) is 1.82. The standard InChI is InChI=1S/C16H20N4/c1-3-15-13-19(11-7-17-15)9-5-6-10-20-12-8-18-16(4-2)14-20/h3-4,7-8,11-14H,1-2,5-6,9-10H2/q+2. The minimum Gasteiger partial charge on any atom is -0.244 e. The first-order valence-electron chi connectivity index (χ1n) is 6.77. The van der Waals surface area contributed by atoms with Crippen LogP contribution in [0.15, 0.2) is 50.3 Å². The van der Waals surface area contributed by atoms with Crippen molar-refractivity contribution in [3.8, 4) is 0 Å². The predicted molar refractivity (Wildman–Crippen MR) is 78.3 cm³/mol. The lowest BCUT2D eigenvalue weighted by molar-refractivity contribution is -0.708. The molecule has 0 fully saturated rings. The van der Waals surface area contributed by atoms with Gasteiger partial charge in [-0.15, -0.1) is 0 Å². The van der Waals surface area contributed by atoms with Gasteiger partial charge in [0.15, 0.2) is 24.8 Å². The highest BCUT2D eigenvalue weighted by molar-refractivity contribution is 5.38. The highest BCUT2D eigenvalue weighted by Crippen LogP contribution is 1.94. The second kappa shape index (κ2) is 7.28. The summed E-state index contributed by atoms with van der Waals surface area (Å²) in [5.74, 6) is 0. The van der Waals surface area contributed by atoms with Crippen molar-refractivity contribution in [2.75, 3.05) is 0 Å². The van der Waals surface area contributed by atoms with Crippen LogP contribution in [0.3, 0.4) is 0 Å². The van der Waals surface area contributed by atoms with Gasteiger partial charge in [-0.25, -0.2) is 19.1 Å². The summed E-state index contributed by atoms with van der Waals surface area (Å²) in [6.45, 7) is 9.44. The van der Waals surface area contributed by atoms with Gasteiger partial charge in [-0.05, 0) is 12.2 Å². The van der Waals surface area contributed by atoms with Gasteiger partial charge < -0.3 is 0 Å². The monoisotopic (exact) mass is 268 g/mol. The van der Waals surface area contributed by atoms with E-state index in [1.54, 1.807) is 12.2 Å². The largest absolute Gasteiger partial charge is 0.244 e. The molecule has 20 heavy (non-hydrogen) atoms. The van der Waals surface area contributed by atoms with Crippen LogP contribution < -0.4 is 9.13 Å². The number of nitrogens with zero attached hydrogens (tertiary/aromatic N) is 4. The maximum absolute atomic E-state index is 4.19. The minimum absolute atomic E-state index is 0.909. The molecule has 0 spiro atoms. The zero-order valence-electron chi connectivity index (χ0n) is 11.7. The molecule has 0 saturated carbocycles. The molecule has 4 heteroatoms. The third-order valence-corrected chi connectivity index (χ3v) is 3.06. The van der Waals surface area contributed by atoms with Crippen LogP contribution in [0.4, 0.5) is 0 Å². The van der Waals surface area contributed by atoms with Crippen LogP contribution in [0.2, 0.25) is 0 Å². The van der Waals surface area contributed by atoms with Gasteiger partial charge in [-0.1, -0.05) is 13.2 Å². The van der Waals surface area contributed by atoms with Crippen molar-refractivity contribution >= 4 is 12.2 Å². The molecular formula is C16H20N4+2. The van der Waals surface area contributed by atoms with Crippen LogP contribution in [-0.4, -0.2) is 9.97 Å².